The predicted molar refractivity (Wildman–Crippen MR) is 82.9 cm³/mol. The van der Waals surface area contributed by atoms with Gasteiger partial charge in [0.05, 0.1) is 0 Å². The van der Waals surface area contributed by atoms with E-state index in [1.54, 1.807) is 12.1 Å². The number of anilines is 1. The van der Waals surface area contributed by atoms with Crippen LogP contribution in [0.2, 0.25) is 0 Å². The Hall–Kier alpha value is -1.62. The van der Waals surface area contributed by atoms with E-state index in [-0.39, 0.29) is 11.8 Å². The van der Waals surface area contributed by atoms with Crippen molar-refractivity contribution in [3.8, 4) is 0 Å². The van der Waals surface area contributed by atoms with Gasteiger partial charge in [0, 0.05) is 18.3 Å². The molecule has 0 radical (unpaired) electrons. The fraction of sp³-hybridized carbons (Fsp3) is 0.562. The molecule has 1 aliphatic heterocycles. The molecule has 5 heteroatoms. The number of nitrogens with one attached hydrogen (secondary N) is 2. The number of nitrogens with zero attached hydrogens (tertiary/aromatic N) is 1. The van der Waals surface area contributed by atoms with Crippen LogP contribution in [0.1, 0.15) is 26.7 Å². The van der Waals surface area contributed by atoms with Crippen molar-refractivity contribution in [1.29, 1.82) is 0 Å². The van der Waals surface area contributed by atoms with E-state index < -0.39 is 0 Å². The monoisotopic (exact) mass is 293 g/mol. The predicted octanol–water partition coefficient (Wildman–Crippen LogP) is 3.07. The second-order valence-electron chi connectivity index (χ2n) is 5.91. The molecular formula is C16H24FN3O. The van der Waals surface area contributed by atoms with Crippen molar-refractivity contribution in [2.45, 2.75) is 32.7 Å². The molecule has 4 nitrogen and oxygen atoms in total. The Labute approximate surface area is 125 Å². The lowest BCUT2D eigenvalue weighted by Crippen LogP contribution is -2.46. The summed E-state index contributed by atoms with van der Waals surface area (Å²) in [4.78, 5) is 14.2. The maximum atomic E-state index is 12.8. The molecule has 1 heterocycles. The minimum absolute atomic E-state index is 0.251. The molecular weight excluding hydrogens is 269 g/mol. The smallest absolute Gasteiger partial charge is 0.319 e. The molecule has 1 fully saturated rings. The molecule has 2 amide bonds. The number of hydrogen-bond acceptors (Lipinski definition) is 2. The first kappa shape index (κ1) is 15.8. The number of hydrogen-bond donors (Lipinski definition) is 2. The van der Waals surface area contributed by atoms with Crippen LogP contribution in [0, 0.1) is 11.7 Å². The van der Waals surface area contributed by atoms with Gasteiger partial charge < -0.3 is 10.6 Å². The number of likely N-dealkylation sites (tertiary alicyclic amines) is 1. The van der Waals surface area contributed by atoms with Gasteiger partial charge in [-0.3, -0.25) is 4.90 Å². The van der Waals surface area contributed by atoms with Crippen LogP contribution in [0.3, 0.4) is 0 Å². The van der Waals surface area contributed by atoms with Crippen molar-refractivity contribution in [3.05, 3.63) is 30.1 Å². The number of rotatable bonds is 4. The average Bonchev–Trinajstić information content (AvgIpc) is 2.48. The van der Waals surface area contributed by atoms with E-state index in [0.717, 1.165) is 19.0 Å². The maximum Gasteiger partial charge on any atom is 0.319 e. The first-order valence-corrected chi connectivity index (χ1v) is 7.59. The van der Waals surface area contributed by atoms with E-state index in [1.165, 1.54) is 25.0 Å². The number of piperidine rings is 1. The summed E-state index contributed by atoms with van der Waals surface area (Å²) in [6.07, 6.45) is 2.46. The Kier molecular flexibility index (Phi) is 5.56. The van der Waals surface area contributed by atoms with Crippen molar-refractivity contribution in [2.75, 3.05) is 25.0 Å². The molecule has 0 saturated carbocycles. The first-order chi connectivity index (χ1) is 10.0. The van der Waals surface area contributed by atoms with Gasteiger partial charge in [0.25, 0.3) is 0 Å². The minimum Gasteiger partial charge on any atom is -0.336 e. The average molecular weight is 293 g/mol. The zero-order chi connectivity index (χ0) is 15.2. The summed E-state index contributed by atoms with van der Waals surface area (Å²) < 4.78 is 12.8. The molecule has 0 spiro atoms. The lowest BCUT2D eigenvalue weighted by molar-refractivity contribution is 0.146. The van der Waals surface area contributed by atoms with Crippen molar-refractivity contribution in [3.63, 3.8) is 0 Å². The normalized spacial score (nSPS) is 18.2. The fourth-order valence-corrected chi connectivity index (χ4v) is 2.55. The highest BCUT2D eigenvalue weighted by Gasteiger charge is 2.20. The molecule has 116 valence electrons. The van der Waals surface area contributed by atoms with Crippen LogP contribution < -0.4 is 10.6 Å². The summed E-state index contributed by atoms with van der Waals surface area (Å²) in [5.74, 6) is 0.497. The zero-order valence-electron chi connectivity index (χ0n) is 12.7. The van der Waals surface area contributed by atoms with Gasteiger partial charge in [-0.05, 0) is 63.0 Å². The van der Waals surface area contributed by atoms with Crippen LogP contribution in [0.15, 0.2) is 24.3 Å². The van der Waals surface area contributed by atoms with Gasteiger partial charge in [0.1, 0.15) is 5.82 Å². The van der Waals surface area contributed by atoms with E-state index in [9.17, 15) is 9.18 Å². The number of benzene rings is 1. The van der Waals surface area contributed by atoms with Gasteiger partial charge in [0.15, 0.2) is 0 Å². The van der Waals surface area contributed by atoms with Gasteiger partial charge in [0.2, 0.25) is 0 Å². The molecule has 1 atom stereocenters. The number of halogens is 1. The molecule has 0 aliphatic carbocycles. The zero-order valence-corrected chi connectivity index (χ0v) is 12.7. The third-order valence-corrected chi connectivity index (χ3v) is 4.10. The topological polar surface area (TPSA) is 44.4 Å². The summed E-state index contributed by atoms with van der Waals surface area (Å²) in [6, 6.07) is 5.82. The maximum absolute atomic E-state index is 12.8. The quantitative estimate of drug-likeness (QED) is 0.896. The molecule has 2 N–H and O–H groups in total. The van der Waals surface area contributed by atoms with Crippen LogP contribution in [0.25, 0.3) is 0 Å². The van der Waals surface area contributed by atoms with Crippen LogP contribution in [-0.2, 0) is 0 Å². The lowest BCUT2D eigenvalue weighted by Gasteiger charge is -2.34. The molecule has 1 aliphatic rings. The van der Waals surface area contributed by atoms with E-state index in [4.69, 9.17) is 0 Å². The van der Waals surface area contributed by atoms with Crippen LogP contribution in [0.5, 0.6) is 0 Å². The summed E-state index contributed by atoms with van der Waals surface area (Å²) in [5, 5.41) is 5.57. The Morgan fingerprint density at radius 3 is 2.57 bits per heavy atom. The molecule has 1 aromatic rings. The largest absolute Gasteiger partial charge is 0.336 e. The Morgan fingerprint density at radius 1 is 1.33 bits per heavy atom. The second-order valence-corrected chi connectivity index (χ2v) is 5.91. The molecule has 0 bridgehead atoms. The highest BCUT2D eigenvalue weighted by atomic mass is 19.1. The molecule has 1 saturated heterocycles. The Balaban J connectivity index is 1.72. The molecule has 0 aromatic heterocycles. The number of amides is 2. The molecule has 2 rings (SSSR count). The summed E-state index contributed by atoms with van der Waals surface area (Å²) >= 11 is 0. The summed E-state index contributed by atoms with van der Waals surface area (Å²) in [7, 11) is 0. The number of urea groups is 1. The van der Waals surface area contributed by atoms with Gasteiger partial charge >= 0.3 is 6.03 Å². The van der Waals surface area contributed by atoms with Gasteiger partial charge in [-0.2, -0.15) is 0 Å². The molecule has 21 heavy (non-hydrogen) atoms. The molecule has 1 aromatic carbocycles. The van der Waals surface area contributed by atoms with Crippen LogP contribution in [0.4, 0.5) is 14.9 Å². The number of carbonyl (C=O) groups is 1. The first-order valence-electron chi connectivity index (χ1n) is 7.59. The van der Waals surface area contributed by atoms with E-state index in [1.807, 2.05) is 0 Å². The van der Waals surface area contributed by atoms with E-state index >= 15 is 0 Å². The number of carbonyl (C=O) groups excluding carboxylic acids is 1. The van der Waals surface area contributed by atoms with Crippen LogP contribution >= 0.6 is 0 Å². The van der Waals surface area contributed by atoms with Gasteiger partial charge in [-0.15, -0.1) is 0 Å². The van der Waals surface area contributed by atoms with E-state index in [2.05, 4.69) is 29.4 Å². The Bertz CT molecular complexity index is 455. The van der Waals surface area contributed by atoms with Crippen LogP contribution in [-0.4, -0.2) is 36.6 Å². The van der Waals surface area contributed by atoms with Crippen molar-refractivity contribution >= 4 is 11.7 Å². The highest BCUT2D eigenvalue weighted by molar-refractivity contribution is 5.89. The van der Waals surface area contributed by atoms with Gasteiger partial charge in [-0.25, -0.2) is 9.18 Å². The van der Waals surface area contributed by atoms with E-state index in [0.29, 0.717) is 18.3 Å². The van der Waals surface area contributed by atoms with Crippen molar-refractivity contribution < 1.29 is 9.18 Å². The summed E-state index contributed by atoms with van der Waals surface area (Å²) in [6.45, 7) is 7.24. The Morgan fingerprint density at radius 2 is 1.95 bits per heavy atom. The highest BCUT2D eigenvalue weighted by Crippen LogP contribution is 2.17. The third kappa shape index (κ3) is 5.01. The minimum atomic E-state index is -0.311. The second kappa shape index (κ2) is 7.41. The SMILES string of the molecule is CC1CCN([C@@H](C)CNC(=O)Nc2ccc(F)cc2)CC1. The standard InChI is InChI=1S/C16H24FN3O/c1-12-7-9-20(10-8-12)13(2)11-18-16(21)19-15-5-3-14(17)4-6-15/h3-6,12-13H,7-11H2,1-2H3,(H2,18,19,21)/t13-/m0/s1. The van der Waals surface area contributed by atoms with Crippen molar-refractivity contribution in [2.24, 2.45) is 5.92 Å². The lowest BCUT2D eigenvalue weighted by atomic mass is 9.98. The third-order valence-electron chi connectivity index (χ3n) is 4.10. The summed E-state index contributed by atoms with van der Waals surface area (Å²) in [5.41, 5.74) is 0.591. The van der Waals surface area contributed by atoms with Gasteiger partial charge in [-0.1, -0.05) is 6.92 Å². The fourth-order valence-electron chi connectivity index (χ4n) is 2.55. The van der Waals surface area contributed by atoms with Crippen molar-refractivity contribution in [1.82, 2.24) is 10.2 Å². The molecule has 0 unspecified atom stereocenters.